The number of hydrogen-bond acceptors (Lipinski definition) is 0. The van der Waals surface area contributed by atoms with E-state index < -0.39 is 0 Å². The van der Waals surface area contributed by atoms with Gasteiger partial charge in [0.25, 0.3) is 0 Å². The fourth-order valence-corrected chi connectivity index (χ4v) is 8.10. The van der Waals surface area contributed by atoms with Gasteiger partial charge in [0.1, 0.15) is 0 Å². The third-order valence-electron chi connectivity index (χ3n) is 11.0. The van der Waals surface area contributed by atoms with Crippen molar-refractivity contribution in [1.29, 1.82) is 0 Å². The molecule has 0 aliphatic carbocycles. The van der Waals surface area contributed by atoms with Gasteiger partial charge in [-0.05, 0) is 137 Å². The van der Waals surface area contributed by atoms with E-state index in [1.54, 1.807) is 0 Å². The average molecular weight is 696 g/mol. The number of nitrogens with zero attached hydrogens (tertiary/aromatic N) is 1. The van der Waals surface area contributed by atoms with Crippen LogP contribution in [-0.4, -0.2) is 4.57 Å². The van der Waals surface area contributed by atoms with Crippen LogP contribution in [-0.2, 0) is 6.42 Å². The number of rotatable bonds is 9. The fraction of sp³-hybridized carbons (Fsp3) is 0.0943. The zero-order valence-corrected chi connectivity index (χ0v) is 31.6. The van der Waals surface area contributed by atoms with Crippen molar-refractivity contribution in [3.05, 3.63) is 216 Å². The summed E-state index contributed by atoms with van der Waals surface area (Å²) in [5.74, 6) is 0. The summed E-state index contributed by atoms with van der Waals surface area (Å²) in [6.07, 6.45) is 7.00. The summed E-state index contributed by atoms with van der Waals surface area (Å²) in [6, 6.07) is 57.8. The SMILES string of the molecule is C=C/C=C\c1c(C)n(-c2cccc(-c3cccc(-c4ccccc4C)c3C)c2)c2ccc(-c3ccc(C)c(-c4ccccc4Cc4ccccc4)c3)cc12. The standard InChI is InChI=1S/C53H45N/c1-6-7-23-49-39(5)54(45-22-15-21-44(33-45)47-26-16-27-48(38(47)4)46-24-13-11-17-36(46)2)53-31-30-42(35-52(49)53)41-29-28-37(3)51(34-41)50-25-14-12-20-43(50)32-40-18-9-8-10-19-40/h6-31,33-35H,1,32H2,2-5H3/b23-7-. The Hall–Kier alpha value is -6.44. The molecule has 1 aromatic heterocycles. The molecule has 0 aliphatic rings. The van der Waals surface area contributed by atoms with Crippen LogP contribution in [0.25, 0.3) is 67.2 Å². The number of allylic oxidation sites excluding steroid dienone is 2. The number of aryl methyl sites for hydroxylation is 2. The van der Waals surface area contributed by atoms with Crippen LogP contribution < -0.4 is 0 Å². The van der Waals surface area contributed by atoms with Crippen LogP contribution in [0.4, 0.5) is 0 Å². The van der Waals surface area contributed by atoms with Gasteiger partial charge in [-0.1, -0.05) is 152 Å². The molecular weight excluding hydrogens is 651 g/mol. The molecule has 54 heavy (non-hydrogen) atoms. The topological polar surface area (TPSA) is 4.93 Å². The summed E-state index contributed by atoms with van der Waals surface area (Å²) >= 11 is 0. The van der Waals surface area contributed by atoms with Crippen LogP contribution in [0.3, 0.4) is 0 Å². The van der Waals surface area contributed by atoms with E-state index in [0.717, 1.165) is 12.1 Å². The van der Waals surface area contributed by atoms with Crippen LogP contribution in [0.1, 0.15) is 39.1 Å². The molecule has 8 aromatic rings. The van der Waals surface area contributed by atoms with Crippen molar-refractivity contribution in [2.45, 2.75) is 34.1 Å². The maximum absolute atomic E-state index is 3.99. The molecule has 7 aromatic carbocycles. The quantitative estimate of drug-likeness (QED) is 0.133. The van der Waals surface area contributed by atoms with Crippen LogP contribution in [0.15, 0.2) is 176 Å². The Bertz CT molecular complexity index is 2680. The molecular formula is C53H45N. The summed E-state index contributed by atoms with van der Waals surface area (Å²) < 4.78 is 2.41. The van der Waals surface area contributed by atoms with Crippen LogP contribution in [0.5, 0.6) is 0 Å². The predicted octanol–water partition coefficient (Wildman–Crippen LogP) is 14.3. The molecule has 1 heteroatoms. The molecule has 0 radical (unpaired) electrons. The number of aromatic nitrogens is 1. The Kier molecular flexibility index (Phi) is 9.55. The lowest BCUT2D eigenvalue weighted by Crippen LogP contribution is -1.98. The van der Waals surface area contributed by atoms with Crippen molar-refractivity contribution < 1.29 is 0 Å². The molecule has 0 saturated heterocycles. The van der Waals surface area contributed by atoms with E-state index in [0.29, 0.717) is 0 Å². The Balaban J connectivity index is 1.22. The Morgan fingerprint density at radius 2 is 1.19 bits per heavy atom. The Morgan fingerprint density at radius 1 is 0.519 bits per heavy atom. The first-order chi connectivity index (χ1) is 26.4. The van der Waals surface area contributed by atoms with Gasteiger partial charge >= 0.3 is 0 Å². The Morgan fingerprint density at radius 3 is 2.00 bits per heavy atom. The first-order valence-electron chi connectivity index (χ1n) is 18.8. The second-order valence-corrected chi connectivity index (χ2v) is 14.4. The van der Waals surface area contributed by atoms with E-state index in [1.165, 1.54) is 94.5 Å². The minimum absolute atomic E-state index is 0.900. The fourth-order valence-electron chi connectivity index (χ4n) is 8.10. The highest BCUT2D eigenvalue weighted by Crippen LogP contribution is 2.38. The summed E-state index contributed by atoms with van der Waals surface area (Å²) in [6.45, 7) is 12.9. The highest BCUT2D eigenvalue weighted by atomic mass is 15.0. The summed E-state index contributed by atoms with van der Waals surface area (Å²) in [7, 11) is 0. The van der Waals surface area contributed by atoms with Crippen molar-refractivity contribution in [2.24, 2.45) is 0 Å². The predicted molar refractivity (Wildman–Crippen MR) is 232 cm³/mol. The van der Waals surface area contributed by atoms with Gasteiger partial charge in [0, 0.05) is 22.3 Å². The lowest BCUT2D eigenvalue weighted by Gasteiger charge is -2.16. The molecule has 0 aliphatic heterocycles. The normalized spacial score (nSPS) is 11.4. The van der Waals surface area contributed by atoms with Crippen molar-refractivity contribution in [3.8, 4) is 50.2 Å². The van der Waals surface area contributed by atoms with Gasteiger partial charge in [0.15, 0.2) is 0 Å². The second kappa shape index (κ2) is 14.9. The number of fused-ring (bicyclic) bond motifs is 1. The maximum Gasteiger partial charge on any atom is 0.0538 e. The summed E-state index contributed by atoms with van der Waals surface area (Å²) in [5, 5.41) is 1.22. The second-order valence-electron chi connectivity index (χ2n) is 14.4. The number of hydrogen-bond donors (Lipinski definition) is 0. The third-order valence-corrected chi connectivity index (χ3v) is 11.0. The van der Waals surface area contributed by atoms with Crippen molar-refractivity contribution >= 4 is 17.0 Å². The smallest absolute Gasteiger partial charge is 0.0538 e. The van der Waals surface area contributed by atoms with Crippen LogP contribution in [0, 0.1) is 27.7 Å². The molecule has 1 nitrogen and oxygen atoms in total. The molecule has 0 atom stereocenters. The minimum atomic E-state index is 0.900. The first kappa shape index (κ1) is 34.6. The zero-order chi connectivity index (χ0) is 37.2. The van der Waals surface area contributed by atoms with Crippen molar-refractivity contribution in [3.63, 3.8) is 0 Å². The molecule has 0 fully saturated rings. The molecule has 8 rings (SSSR count). The van der Waals surface area contributed by atoms with Crippen molar-refractivity contribution in [1.82, 2.24) is 4.57 Å². The monoisotopic (exact) mass is 695 g/mol. The number of benzene rings is 7. The van der Waals surface area contributed by atoms with E-state index >= 15 is 0 Å². The lowest BCUT2D eigenvalue weighted by atomic mass is 9.90. The average Bonchev–Trinajstić information content (AvgIpc) is 3.48. The molecule has 0 N–H and O–H groups in total. The van der Waals surface area contributed by atoms with Gasteiger partial charge in [0.05, 0.1) is 5.52 Å². The molecule has 0 spiro atoms. The van der Waals surface area contributed by atoms with Gasteiger partial charge in [-0.2, -0.15) is 0 Å². The highest BCUT2D eigenvalue weighted by Gasteiger charge is 2.17. The summed E-state index contributed by atoms with van der Waals surface area (Å²) in [4.78, 5) is 0. The molecule has 0 amide bonds. The zero-order valence-electron chi connectivity index (χ0n) is 31.6. The Labute approximate surface area is 320 Å². The first-order valence-corrected chi connectivity index (χ1v) is 18.8. The van der Waals surface area contributed by atoms with Gasteiger partial charge in [-0.15, -0.1) is 0 Å². The molecule has 0 saturated carbocycles. The van der Waals surface area contributed by atoms with E-state index in [2.05, 4.69) is 203 Å². The molecule has 1 heterocycles. The third kappa shape index (κ3) is 6.55. The maximum atomic E-state index is 3.99. The molecule has 262 valence electrons. The van der Waals surface area contributed by atoms with E-state index in [-0.39, 0.29) is 0 Å². The van der Waals surface area contributed by atoms with Crippen molar-refractivity contribution in [2.75, 3.05) is 0 Å². The lowest BCUT2D eigenvalue weighted by molar-refractivity contribution is 1.05. The van der Waals surface area contributed by atoms with Gasteiger partial charge in [-0.25, -0.2) is 0 Å². The molecule has 0 bridgehead atoms. The summed E-state index contributed by atoms with van der Waals surface area (Å²) in [5.41, 5.74) is 21.2. The minimum Gasteiger partial charge on any atom is -0.313 e. The van der Waals surface area contributed by atoms with Gasteiger partial charge in [-0.3, -0.25) is 0 Å². The highest BCUT2D eigenvalue weighted by molar-refractivity contribution is 5.96. The van der Waals surface area contributed by atoms with E-state index in [4.69, 9.17) is 0 Å². The van der Waals surface area contributed by atoms with E-state index in [9.17, 15) is 0 Å². The van der Waals surface area contributed by atoms with Crippen LogP contribution in [0.2, 0.25) is 0 Å². The van der Waals surface area contributed by atoms with E-state index in [1.807, 2.05) is 12.2 Å². The largest absolute Gasteiger partial charge is 0.313 e. The molecule has 0 unspecified atom stereocenters. The van der Waals surface area contributed by atoms with Gasteiger partial charge < -0.3 is 4.57 Å². The van der Waals surface area contributed by atoms with Crippen LogP contribution >= 0.6 is 0 Å². The van der Waals surface area contributed by atoms with Gasteiger partial charge in [0.2, 0.25) is 0 Å².